The molecule has 0 fully saturated rings. The number of imidazole rings is 1. The first kappa shape index (κ1) is 12.3. The average molecular weight is 245 g/mol. The van der Waals surface area contributed by atoms with E-state index < -0.39 is 0 Å². The van der Waals surface area contributed by atoms with Gasteiger partial charge in [0.05, 0.1) is 12.2 Å². The summed E-state index contributed by atoms with van der Waals surface area (Å²) >= 11 is 0. The first-order valence-electron chi connectivity index (χ1n) is 5.92. The van der Waals surface area contributed by atoms with Crippen molar-refractivity contribution in [3.05, 3.63) is 42.6 Å². The Kier molecular flexibility index (Phi) is 4.06. The second-order valence-electron chi connectivity index (χ2n) is 3.86. The highest BCUT2D eigenvalue weighted by molar-refractivity contribution is 5.89. The normalized spacial score (nSPS) is 10.3. The molecule has 0 radical (unpaired) electrons. The molecule has 5 nitrogen and oxygen atoms in total. The van der Waals surface area contributed by atoms with Crippen LogP contribution in [0.15, 0.2) is 37.1 Å². The monoisotopic (exact) mass is 245 g/mol. The van der Waals surface area contributed by atoms with Crippen LogP contribution in [0.3, 0.4) is 0 Å². The van der Waals surface area contributed by atoms with Crippen molar-refractivity contribution in [1.29, 1.82) is 0 Å². The number of nitrogens with zero attached hydrogens (tertiary/aromatic N) is 3. The summed E-state index contributed by atoms with van der Waals surface area (Å²) in [5.74, 6) is 0.394. The van der Waals surface area contributed by atoms with Gasteiger partial charge in [0, 0.05) is 18.6 Å². The Hall–Kier alpha value is -2.17. The lowest BCUT2D eigenvalue weighted by atomic mass is 10.3. The molecule has 0 unspecified atom stereocenters. The molecule has 5 heteroatoms. The molecule has 0 aliphatic carbocycles. The number of hydrogen-bond donors (Lipinski definition) is 0. The average Bonchev–Trinajstić information content (AvgIpc) is 2.93. The van der Waals surface area contributed by atoms with E-state index in [-0.39, 0.29) is 5.97 Å². The van der Waals surface area contributed by atoms with Crippen molar-refractivity contribution in [1.82, 2.24) is 14.5 Å². The second kappa shape index (κ2) is 5.95. The second-order valence-corrected chi connectivity index (χ2v) is 3.86. The van der Waals surface area contributed by atoms with Crippen LogP contribution in [0.25, 0.3) is 5.82 Å². The summed E-state index contributed by atoms with van der Waals surface area (Å²) in [6.07, 6.45) is 8.53. The number of pyridine rings is 1. The minimum Gasteiger partial charge on any atom is -0.462 e. The number of carbonyl (C=O) groups is 1. The summed E-state index contributed by atoms with van der Waals surface area (Å²) in [6, 6.07) is 3.47. The number of rotatable bonds is 5. The molecule has 0 saturated heterocycles. The van der Waals surface area contributed by atoms with Crippen LogP contribution < -0.4 is 0 Å². The summed E-state index contributed by atoms with van der Waals surface area (Å²) in [6.45, 7) is 2.51. The van der Waals surface area contributed by atoms with Gasteiger partial charge < -0.3 is 4.74 Å². The molecule has 94 valence electrons. The molecular weight excluding hydrogens is 230 g/mol. The molecule has 0 spiro atoms. The van der Waals surface area contributed by atoms with Gasteiger partial charge in [-0.25, -0.2) is 14.8 Å². The molecule has 2 aromatic rings. The Bertz CT molecular complexity index is 491. The van der Waals surface area contributed by atoms with Gasteiger partial charge in [-0.15, -0.1) is 0 Å². The predicted molar refractivity (Wildman–Crippen MR) is 66.5 cm³/mol. The molecule has 0 atom stereocenters. The lowest BCUT2D eigenvalue weighted by molar-refractivity contribution is 0.0499. The summed E-state index contributed by atoms with van der Waals surface area (Å²) in [7, 11) is 0. The Morgan fingerprint density at radius 2 is 2.33 bits per heavy atom. The van der Waals surface area contributed by atoms with E-state index in [4.69, 9.17) is 4.74 Å². The predicted octanol–water partition coefficient (Wildman–Crippen LogP) is 2.22. The van der Waals surface area contributed by atoms with Crippen molar-refractivity contribution in [2.24, 2.45) is 0 Å². The lowest BCUT2D eigenvalue weighted by Crippen LogP contribution is -2.07. The highest BCUT2D eigenvalue weighted by Gasteiger charge is 2.07. The van der Waals surface area contributed by atoms with Gasteiger partial charge >= 0.3 is 5.97 Å². The maximum atomic E-state index is 11.6. The van der Waals surface area contributed by atoms with E-state index in [0.29, 0.717) is 12.2 Å². The minimum absolute atomic E-state index is 0.326. The van der Waals surface area contributed by atoms with Crippen LogP contribution in [0.1, 0.15) is 30.1 Å². The highest BCUT2D eigenvalue weighted by atomic mass is 16.5. The lowest BCUT2D eigenvalue weighted by Gasteiger charge is -2.04. The van der Waals surface area contributed by atoms with Crippen molar-refractivity contribution in [2.75, 3.05) is 6.61 Å². The number of ether oxygens (including phenoxy) is 1. The molecule has 0 amide bonds. The van der Waals surface area contributed by atoms with Crippen LogP contribution in [-0.2, 0) is 4.74 Å². The van der Waals surface area contributed by atoms with Gasteiger partial charge in [-0.1, -0.05) is 13.3 Å². The summed E-state index contributed by atoms with van der Waals surface area (Å²) < 4.78 is 6.87. The third kappa shape index (κ3) is 2.94. The van der Waals surface area contributed by atoms with E-state index in [1.165, 1.54) is 6.20 Å². The Morgan fingerprint density at radius 1 is 1.44 bits per heavy atom. The standard InChI is InChI=1S/C13H15N3O2/c1-2-3-8-18-13(17)11-4-5-12(15-9-11)16-7-6-14-10-16/h4-7,9-10H,2-3,8H2,1H3. The van der Waals surface area contributed by atoms with Crippen LogP contribution in [0.4, 0.5) is 0 Å². The fourth-order valence-corrected chi connectivity index (χ4v) is 1.45. The van der Waals surface area contributed by atoms with Crippen LogP contribution in [-0.4, -0.2) is 27.1 Å². The molecule has 2 heterocycles. The fourth-order valence-electron chi connectivity index (χ4n) is 1.45. The van der Waals surface area contributed by atoms with Gasteiger partial charge in [0.25, 0.3) is 0 Å². The number of esters is 1. The molecule has 0 saturated carbocycles. The van der Waals surface area contributed by atoms with Gasteiger partial charge in [-0.05, 0) is 18.6 Å². The highest BCUT2D eigenvalue weighted by Crippen LogP contribution is 2.06. The maximum absolute atomic E-state index is 11.6. The Morgan fingerprint density at radius 3 is 2.94 bits per heavy atom. The zero-order valence-electron chi connectivity index (χ0n) is 10.2. The molecule has 0 N–H and O–H groups in total. The van der Waals surface area contributed by atoms with Crippen LogP contribution >= 0.6 is 0 Å². The van der Waals surface area contributed by atoms with E-state index in [9.17, 15) is 4.79 Å². The smallest absolute Gasteiger partial charge is 0.339 e. The van der Waals surface area contributed by atoms with Crippen molar-refractivity contribution < 1.29 is 9.53 Å². The molecule has 2 aromatic heterocycles. The molecule has 0 aliphatic rings. The van der Waals surface area contributed by atoms with Crippen LogP contribution in [0.5, 0.6) is 0 Å². The number of carbonyl (C=O) groups excluding carboxylic acids is 1. The Labute approximate surface area is 105 Å². The molecular formula is C13H15N3O2. The van der Waals surface area contributed by atoms with Gasteiger partial charge in [-0.2, -0.15) is 0 Å². The van der Waals surface area contributed by atoms with E-state index >= 15 is 0 Å². The first-order valence-corrected chi connectivity index (χ1v) is 5.92. The molecule has 18 heavy (non-hydrogen) atoms. The van der Waals surface area contributed by atoms with Gasteiger partial charge in [0.1, 0.15) is 12.1 Å². The van der Waals surface area contributed by atoms with Gasteiger partial charge in [-0.3, -0.25) is 4.57 Å². The first-order chi connectivity index (χ1) is 8.81. The van der Waals surface area contributed by atoms with Crippen molar-refractivity contribution in [3.8, 4) is 5.82 Å². The third-order valence-electron chi connectivity index (χ3n) is 2.48. The largest absolute Gasteiger partial charge is 0.462 e. The summed E-state index contributed by atoms with van der Waals surface area (Å²) in [5, 5.41) is 0. The van der Waals surface area contributed by atoms with Crippen LogP contribution in [0, 0.1) is 0 Å². The number of aromatic nitrogens is 3. The minimum atomic E-state index is -0.326. The summed E-state index contributed by atoms with van der Waals surface area (Å²) in [4.78, 5) is 19.8. The molecule has 0 aliphatic heterocycles. The quantitative estimate of drug-likeness (QED) is 0.598. The molecule has 0 bridgehead atoms. The maximum Gasteiger partial charge on any atom is 0.339 e. The van der Waals surface area contributed by atoms with E-state index in [2.05, 4.69) is 16.9 Å². The van der Waals surface area contributed by atoms with E-state index in [1.54, 1.807) is 35.4 Å². The fraction of sp³-hybridized carbons (Fsp3) is 0.308. The van der Waals surface area contributed by atoms with Gasteiger partial charge in [0.15, 0.2) is 0 Å². The van der Waals surface area contributed by atoms with Crippen molar-refractivity contribution in [2.45, 2.75) is 19.8 Å². The number of hydrogen-bond acceptors (Lipinski definition) is 4. The van der Waals surface area contributed by atoms with E-state index in [0.717, 1.165) is 18.7 Å². The zero-order valence-corrected chi connectivity index (χ0v) is 10.2. The SMILES string of the molecule is CCCCOC(=O)c1ccc(-n2ccnc2)nc1. The van der Waals surface area contributed by atoms with Gasteiger partial charge in [0.2, 0.25) is 0 Å². The van der Waals surface area contributed by atoms with Crippen LogP contribution in [0.2, 0.25) is 0 Å². The van der Waals surface area contributed by atoms with Crippen molar-refractivity contribution >= 4 is 5.97 Å². The van der Waals surface area contributed by atoms with Crippen molar-refractivity contribution in [3.63, 3.8) is 0 Å². The Balaban J connectivity index is 2.01. The zero-order chi connectivity index (χ0) is 12.8. The topological polar surface area (TPSA) is 57.0 Å². The third-order valence-corrected chi connectivity index (χ3v) is 2.48. The summed E-state index contributed by atoms with van der Waals surface area (Å²) in [5.41, 5.74) is 0.468. The number of unbranched alkanes of at least 4 members (excludes halogenated alkanes) is 1. The molecule has 2 rings (SSSR count). The molecule has 0 aromatic carbocycles. The van der Waals surface area contributed by atoms with E-state index in [1.807, 2.05) is 0 Å².